The summed E-state index contributed by atoms with van der Waals surface area (Å²) in [6, 6.07) is 8.50. The van der Waals surface area contributed by atoms with Gasteiger partial charge in [-0.2, -0.15) is 10.2 Å². The van der Waals surface area contributed by atoms with Gasteiger partial charge in [-0.3, -0.25) is 9.67 Å². The molecule has 0 aliphatic rings. The molecule has 0 saturated carbocycles. The number of pyridine rings is 3. The third-order valence-electron chi connectivity index (χ3n) is 6.02. The van der Waals surface area contributed by atoms with Crippen LogP contribution in [-0.4, -0.2) is 34.3 Å². The van der Waals surface area contributed by atoms with Gasteiger partial charge in [0.2, 0.25) is 0 Å². The van der Waals surface area contributed by atoms with Crippen LogP contribution in [-0.2, 0) is 7.05 Å². The van der Waals surface area contributed by atoms with Gasteiger partial charge in [-0.15, -0.1) is 0 Å². The number of hydrogen-bond acceptors (Lipinski definition) is 4. The molecular formula is C25H21N7. The molecule has 0 bridgehead atoms. The molecule has 0 fully saturated rings. The second kappa shape index (κ2) is 6.88. The molecule has 0 spiro atoms. The summed E-state index contributed by atoms with van der Waals surface area (Å²) in [5.74, 6) is 0. The van der Waals surface area contributed by atoms with Crippen LogP contribution >= 0.6 is 0 Å². The molecule has 0 radical (unpaired) electrons. The van der Waals surface area contributed by atoms with Crippen molar-refractivity contribution in [3.63, 3.8) is 0 Å². The topological polar surface area (TPSA) is 76.7 Å². The van der Waals surface area contributed by atoms with Gasteiger partial charge in [0.25, 0.3) is 0 Å². The Bertz CT molecular complexity index is 1600. The van der Waals surface area contributed by atoms with Gasteiger partial charge in [-0.25, -0.2) is 9.50 Å². The fraction of sp³-hybridized carbons (Fsp3) is 0.120. The van der Waals surface area contributed by atoms with Crippen molar-refractivity contribution in [1.29, 1.82) is 0 Å². The minimum Gasteiger partial charge on any atom is -0.346 e. The van der Waals surface area contributed by atoms with Crippen molar-refractivity contribution in [3.05, 3.63) is 78.9 Å². The lowest BCUT2D eigenvalue weighted by atomic mass is 9.98. The van der Waals surface area contributed by atoms with E-state index in [4.69, 9.17) is 4.98 Å². The van der Waals surface area contributed by atoms with E-state index in [1.165, 1.54) is 5.56 Å². The largest absolute Gasteiger partial charge is 0.346 e. The first-order valence-electron chi connectivity index (χ1n) is 10.4. The van der Waals surface area contributed by atoms with E-state index >= 15 is 0 Å². The highest BCUT2D eigenvalue weighted by Crippen LogP contribution is 2.34. The molecule has 1 N–H and O–H groups in total. The number of aromatic nitrogens is 7. The van der Waals surface area contributed by atoms with E-state index in [0.29, 0.717) is 0 Å². The van der Waals surface area contributed by atoms with Gasteiger partial charge >= 0.3 is 0 Å². The zero-order valence-electron chi connectivity index (χ0n) is 18.0. The summed E-state index contributed by atoms with van der Waals surface area (Å²) in [6.07, 6.45) is 13.5. The van der Waals surface area contributed by atoms with Gasteiger partial charge in [0, 0.05) is 76.9 Å². The normalized spacial score (nSPS) is 11.6. The molecule has 0 saturated heterocycles. The van der Waals surface area contributed by atoms with Crippen LogP contribution in [0.3, 0.4) is 0 Å². The maximum absolute atomic E-state index is 4.69. The molecule has 6 aromatic heterocycles. The number of hydrogen-bond donors (Lipinski definition) is 1. The first kappa shape index (κ1) is 18.5. The third-order valence-corrected chi connectivity index (χ3v) is 6.02. The average molecular weight is 419 g/mol. The van der Waals surface area contributed by atoms with Crippen molar-refractivity contribution in [2.24, 2.45) is 7.05 Å². The number of fused-ring (bicyclic) bond motifs is 2. The summed E-state index contributed by atoms with van der Waals surface area (Å²) < 4.78 is 3.70. The maximum atomic E-state index is 4.69. The van der Waals surface area contributed by atoms with E-state index < -0.39 is 0 Å². The van der Waals surface area contributed by atoms with Crippen LogP contribution < -0.4 is 0 Å². The Hall–Kier alpha value is -4.26. The second-order valence-electron chi connectivity index (χ2n) is 8.12. The molecule has 6 heterocycles. The first-order valence-corrected chi connectivity index (χ1v) is 10.4. The van der Waals surface area contributed by atoms with Crippen LogP contribution in [0.1, 0.15) is 11.3 Å². The lowest BCUT2D eigenvalue weighted by Gasteiger charge is -2.09. The predicted molar refractivity (Wildman–Crippen MR) is 125 cm³/mol. The second-order valence-corrected chi connectivity index (χ2v) is 8.12. The lowest BCUT2D eigenvalue weighted by Crippen LogP contribution is -1.92. The molecule has 0 unspecified atom stereocenters. The van der Waals surface area contributed by atoms with E-state index in [0.717, 1.165) is 55.6 Å². The highest BCUT2D eigenvalue weighted by atomic mass is 15.2. The van der Waals surface area contributed by atoms with Crippen LogP contribution in [0.25, 0.3) is 49.9 Å². The van der Waals surface area contributed by atoms with E-state index in [2.05, 4.69) is 45.3 Å². The van der Waals surface area contributed by atoms with Crippen molar-refractivity contribution in [3.8, 4) is 33.4 Å². The van der Waals surface area contributed by atoms with Gasteiger partial charge in [0.05, 0.1) is 17.9 Å². The number of H-pyrrole nitrogens is 1. The molecule has 0 amide bonds. The third kappa shape index (κ3) is 2.82. The Morgan fingerprint density at radius 2 is 1.78 bits per heavy atom. The molecule has 6 aromatic rings. The highest BCUT2D eigenvalue weighted by Gasteiger charge is 2.14. The van der Waals surface area contributed by atoms with Crippen molar-refractivity contribution < 1.29 is 0 Å². The minimum absolute atomic E-state index is 0.865. The van der Waals surface area contributed by atoms with E-state index in [1.54, 1.807) is 4.68 Å². The lowest BCUT2D eigenvalue weighted by molar-refractivity contribution is 0.768. The molecule has 6 rings (SSSR count). The summed E-state index contributed by atoms with van der Waals surface area (Å²) in [4.78, 5) is 12.5. The standard InChI is InChI=1S/C25H21N7/c1-15-4-6-26-16(2)24(15)18-8-20-21(12-28-25(20)27-10-18)17-5-7-32-23(9-17)22(13-30-32)19-11-29-31(3)14-19/h4-14H,1-3H3,(H,27,28). The Morgan fingerprint density at radius 1 is 0.875 bits per heavy atom. The zero-order chi connectivity index (χ0) is 21.8. The molecule has 7 heteroatoms. The van der Waals surface area contributed by atoms with Gasteiger partial charge in [-0.1, -0.05) is 0 Å². The van der Waals surface area contributed by atoms with Gasteiger partial charge in [0.15, 0.2) is 0 Å². The molecule has 0 atom stereocenters. The van der Waals surface area contributed by atoms with Crippen molar-refractivity contribution >= 4 is 16.6 Å². The van der Waals surface area contributed by atoms with Crippen molar-refractivity contribution in [2.45, 2.75) is 13.8 Å². The smallest absolute Gasteiger partial charge is 0.137 e. The SMILES string of the molecule is Cc1ccnc(C)c1-c1cnc2[nH]cc(-c3ccn4ncc(-c5cnn(C)c5)c4c3)c2c1. The predicted octanol–water partition coefficient (Wildman–Crippen LogP) is 4.96. The summed E-state index contributed by atoms with van der Waals surface area (Å²) in [6.45, 7) is 4.15. The van der Waals surface area contributed by atoms with Crippen LogP contribution in [0.5, 0.6) is 0 Å². The van der Waals surface area contributed by atoms with Crippen LogP contribution in [0, 0.1) is 13.8 Å². The zero-order valence-corrected chi connectivity index (χ0v) is 18.0. The Balaban J connectivity index is 1.52. The number of nitrogens with zero attached hydrogens (tertiary/aromatic N) is 6. The summed E-state index contributed by atoms with van der Waals surface area (Å²) >= 11 is 0. The summed E-state index contributed by atoms with van der Waals surface area (Å²) in [5.41, 5.74) is 10.6. The molecular weight excluding hydrogens is 398 g/mol. The highest BCUT2D eigenvalue weighted by molar-refractivity contribution is 5.97. The Morgan fingerprint density at radius 3 is 2.59 bits per heavy atom. The molecule has 156 valence electrons. The molecule has 0 aromatic carbocycles. The van der Waals surface area contributed by atoms with E-state index in [9.17, 15) is 0 Å². The Labute approximate surface area is 184 Å². The number of aromatic amines is 1. The molecule has 7 nitrogen and oxygen atoms in total. The number of nitrogens with one attached hydrogen (secondary N) is 1. The van der Waals surface area contributed by atoms with Gasteiger partial charge in [0.1, 0.15) is 5.65 Å². The molecule has 32 heavy (non-hydrogen) atoms. The minimum atomic E-state index is 0.865. The fourth-order valence-corrected chi connectivity index (χ4v) is 4.44. The van der Waals surface area contributed by atoms with Crippen LogP contribution in [0.15, 0.2) is 67.6 Å². The quantitative estimate of drug-likeness (QED) is 0.440. The number of aryl methyl sites for hydroxylation is 3. The molecule has 0 aliphatic carbocycles. The van der Waals surface area contributed by atoms with Crippen LogP contribution in [0.2, 0.25) is 0 Å². The summed E-state index contributed by atoms with van der Waals surface area (Å²) in [7, 11) is 1.92. The monoisotopic (exact) mass is 419 g/mol. The fourth-order valence-electron chi connectivity index (χ4n) is 4.44. The van der Waals surface area contributed by atoms with Crippen LogP contribution in [0.4, 0.5) is 0 Å². The van der Waals surface area contributed by atoms with Gasteiger partial charge in [-0.05, 0) is 49.2 Å². The number of rotatable bonds is 3. The average Bonchev–Trinajstić information content (AvgIpc) is 3.50. The first-order chi connectivity index (χ1) is 15.6. The summed E-state index contributed by atoms with van der Waals surface area (Å²) in [5, 5.41) is 9.90. The van der Waals surface area contributed by atoms with Crippen molar-refractivity contribution in [1.82, 2.24) is 34.3 Å². The Kier molecular flexibility index (Phi) is 3.98. The molecule has 0 aliphatic heterocycles. The maximum Gasteiger partial charge on any atom is 0.137 e. The van der Waals surface area contributed by atoms with E-state index in [-0.39, 0.29) is 0 Å². The van der Waals surface area contributed by atoms with Crippen molar-refractivity contribution in [2.75, 3.05) is 0 Å². The van der Waals surface area contributed by atoms with E-state index in [1.807, 2.05) is 67.9 Å². The van der Waals surface area contributed by atoms with Gasteiger partial charge < -0.3 is 4.98 Å².